The van der Waals surface area contributed by atoms with E-state index in [9.17, 15) is 27.5 Å². The number of carboxylic acids is 1. The summed E-state index contributed by atoms with van der Waals surface area (Å²) in [5, 5.41) is 14.3. The second-order valence-electron chi connectivity index (χ2n) is 10.0. The van der Waals surface area contributed by atoms with Crippen LogP contribution in [0.1, 0.15) is 48.7 Å². The van der Waals surface area contributed by atoms with Gasteiger partial charge in [-0.1, -0.05) is 17.7 Å². The van der Waals surface area contributed by atoms with Crippen LogP contribution in [0.25, 0.3) is 0 Å². The number of halogens is 2. The first-order chi connectivity index (χ1) is 19.1. The number of ether oxygens (including phenoxy) is 1. The average molecular weight is 611 g/mol. The molecule has 1 saturated heterocycles. The standard InChI is InChI=1S/C26H28ClFN4O6S2/c1-38-26(35)20-21(14-6-9-32(10-7-14)40(36,37)17-4-2-15(12-17)25(33)34)30-23(24-29-8-11-39-24)31-22(20)18-5-3-16(28)13-19(18)27/h3,5,8,11,13-15,17,22H,2,4,6-7,9-10,12H2,1H3,(H,30,31)(H,33,34). The fourth-order valence-electron chi connectivity index (χ4n) is 5.66. The SMILES string of the molecule is COC(=O)C1=C(C2CCN(S(=O)(=O)C3CCC(C(=O)O)C3)CC2)NC(c2nccs2)=NC1c1ccc(F)cc1Cl. The number of piperidine rings is 1. The monoisotopic (exact) mass is 610 g/mol. The van der Waals surface area contributed by atoms with Gasteiger partial charge in [-0.2, -0.15) is 0 Å². The van der Waals surface area contributed by atoms with Gasteiger partial charge in [0.05, 0.1) is 23.9 Å². The molecule has 2 N–H and O–H groups in total. The third-order valence-corrected chi connectivity index (χ3v) is 11.2. The van der Waals surface area contributed by atoms with Crippen molar-refractivity contribution >= 4 is 50.7 Å². The summed E-state index contributed by atoms with van der Waals surface area (Å²) in [5.74, 6) is -2.59. The molecule has 1 aliphatic carbocycles. The number of carbonyl (C=O) groups excluding carboxylic acids is 1. The lowest BCUT2D eigenvalue weighted by Gasteiger charge is -2.37. The van der Waals surface area contributed by atoms with Crippen molar-refractivity contribution in [2.45, 2.75) is 43.4 Å². The summed E-state index contributed by atoms with van der Waals surface area (Å²) in [5.41, 5.74) is 1.18. The maximum Gasteiger partial charge on any atom is 0.338 e. The van der Waals surface area contributed by atoms with Crippen LogP contribution in [0, 0.1) is 17.7 Å². The van der Waals surface area contributed by atoms with E-state index in [1.165, 1.54) is 34.9 Å². The highest BCUT2D eigenvalue weighted by molar-refractivity contribution is 7.89. The number of methoxy groups -OCH3 is 1. The van der Waals surface area contributed by atoms with Crippen LogP contribution in [0.15, 0.2) is 46.0 Å². The number of aliphatic imine (C=N–C) groups is 1. The van der Waals surface area contributed by atoms with Gasteiger partial charge in [-0.15, -0.1) is 11.3 Å². The molecule has 2 aromatic rings. The van der Waals surface area contributed by atoms with Gasteiger partial charge >= 0.3 is 11.9 Å². The van der Waals surface area contributed by atoms with E-state index in [2.05, 4.69) is 10.3 Å². The average Bonchev–Trinajstić information content (AvgIpc) is 3.66. The van der Waals surface area contributed by atoms with Crippen molar-refractivity contribution in [1.29, 1.82) is 0 Å². The van der Waals surface area contributed by atoms with Gasteiger partial charge in [0.15, 0.2) is 10.8 Å². The zero-order valence-electron chi connectivity index (χ0n) is 21.5. The van der Waals surface area contributed by atoms with Gasteiger partial charge in [-0.05, 0) is 44.2 Å². The molecule has 40 heavy (non-hydrogen) atoms. The van der Waals surface area contributed by atoms with Crippen LogP contribution in [-0.4, -0.2) is 66.0 Å². The summed E-state index contributed by atoms with van der Waals surface area (Å²) in [6.07, 6.45) is 3.24. The number of allylic oxidation sites excluding steroid dienone is 1. The summed E-state index contributed by atoms with van der Waals surface area (Å²) in [6, 6.07) is 2.99. The third-order valence-electron chi connectivity index (χ3n) is 7.75. The number of thiazole rings is 1. The minimum absolute atomic E-state index is 0.104. The molecule has 2 aliphatic heterocycles. The summed E-state index contributed by atoms with van der Waals surface area (Å²) < 4.78 is 47.1. The summed E-state index contributed by atoms with van der Waals surface area (Å²) in [4.78, 5) is 33.6. The maximum atomic E-state index is 13.9. The highest BCUT2D eigenvalue weighted by atomic mass is 35.5. The number of amidine groups is 1. The van der Waals surface area contributed by atoms with Crippen LogP contribution in [-0.2, 0) is 24.3 Å². The van der Waals surface area contributed by atoms with E-state index in [4.69, 9.17) is 21.3 Å². The fourth-order valence-corrected chi connectivity index (χ4v) is 8.57. The molecule has 1 saturated carbocycles. The number of aliphatic carboxylic acids is 1. The number of nitrogens with one attached hydrogen (secondary N) is 1. The molecule has 1 aromatic carbocycles. The highest BCUT2D eigenvalue weighted by Gasteiger charge is 2.43. The van der Waals surface area contributed by atoms with E-state index < -0.39 is 45.0 Å². The molecular formula is C26H28ClFN4O6S2. The highest BCUT2D eigenvalue weighted by Crippen LogP contribution is 2.41. The van der Waals surface area contributed by atoms with E-state index in [-0.39, 0.29) is 36.0 Å². The molecule has 3 atom stereocenters. The van der Waals surface area contributed by atoms with Crippen molar-refractivity contribution in [2.24, 2.45) is 16.8 Å². The Morgan fingerprint density at radius 2 is 1.98 bits per heavy atom. The minimum atomic E-state index is -3.67. The van der Waals surface area contributed by atoms with Gasteiger partial charge in [0.25, 0.3) is 0 Å². The first kappa shape index (κ1) is 28.7. The molecule has 5 rings (SSSR count). The Balaban J connectivity index is 1.46. The van der Waals surface area contributed by atoms with Gasteiger partial charge in [0.2, 0.25) is 10.0 Å². The van der Waals surface area contributed by atoms with Crippen LogP contribution in [0.2, 0.25) is 5.02 Å². The number of carbonyl (C=O) groups is 2. The molecule has 3 unspecified atom stereocenters. The van der Waals surface area contributed by atoms with Crippen molar-refractivity contribution in [2.75, 3.05) is 20.2 Å². The van der Waals surface area contributed by atoms with E-state index in [1.807, 2.05) is 0 Å². The lowest BCUT2D eigenvalue weighted by molar-refractivity contribution is -0.141. The molecule has 0 radical (unpaired) electrons. The predicted octanol–water partition coefficient (Wildman–Crippen LogP) is 3.75. The van der Waals surface area contributed by atoms with E-state index in [0.717, 1.165) is 6.07 Å². The van der Waals surface area contributed by atoms with Crippen molar-refractivity contribution < 1.29 is 32.2 Å². The Labute approximate surface area is 240 Å². The van der Waals surface area contributed by atoms with Crippen LogP contribution in [0.5, 0.6) is 0 Å². The second kappa shape index (κ2) is 11.6. The van der Waals surface area contributed by atoms with Crippen LogP contribution in [0.4, 0.5) is 4.39 Å². The van der Waals surface area contributed by atoms with Crippen LogP contribution < -0.4 is 5.32 Å². The minimum Gasteiger partial charge on any atom is -0.481 e. The normalized spacial score (nSPS) is 24.5. The Kier molecular flexibility index (Phi) is 8.27. The molecule has 1 aromatic heterocycles. The van der Waals surface area contributed by atoms with Gasteiger partial charge in [0.1, 0.15) is 11.9 Å². The van der Waals surface area contributed by atoms with Crippen LogP contribution in [0.3, 0.4) is 0 Å². The summed E-state index contributed by atoms with van der Waals surface area (Å²) in [6.45, 7) is 0.430. The second-order valence-corrected chi connectivity index (χ2v) is 13.5. The number of carboxylic acid groups (broad SMARTS) is 1. The topological polar surface area (TPSA) is 138 Å². The number of sulfonamides is 1. The lowest BCUT2D eigenvalue weighted by Crippen LogP contribution is -2.45. The Bertz CT molecular complexity index is 1470. The molecule has 2 fully saturated rings. The zero-order valence-corrected chi connectivity index (χ0v) is 23.9. The van der Waals surface area contributed by atoms with E-state index in [1.54, 1.807) is 11.6 Å². The Morgan fingerprint density at radius 3 is 2.58 bits per heavy atom. The largest absolute Gasteiger partial charge is 0.481 e. The molecule has 3 aliphatic rings. The van der Waals surface area contributed by atoms with Crippen molar-refractivity contribution in [1.82, 2.24) is 14.6 Å². The van der Waals surface area contributed by atoms with Crippen molar-refractivity contribution in [3.05, 3.63) is 62.5 Å². The molecule has 14 heteroatoms. The molecule has 3 heterocycles. The lowest BCUT2D eigenvalue weighted by atomic mass is 9.86. The molecule has 214 valence electrons. The number of rotatable bonds is 7. The van der Waals surface area contributed by atoms with Gasteiger partial charge < -0.3 is 15.2 Å². The first-order valence-corrected chi connectivity index (χ1v) is 15.6. The predicted molar refractivity (Wildman–Crippen MR) is 147 cm³/mol. The van der Waals surface area contributed by atoms with Crippen molar-refractivity contribution in [3.63, 3.8) is 0 Å². The summed E-state index contributed by atoms with van der Waals surface area (Å²) in [7, 11) is -2.41. The van der Waals surface area contributed by atoms with Gasteiger partial charge in [0, 0.05) is 46.9 Å². The first-order valence-electron chi connectivity index (χ1n) is 12.8. The number of aromatic nitrogens is 1. The third kappa shape index (κ3) is 5.52. The van der Waals surface area contributed by atoms with E-state index in [0.29, 0.717) is 47.8 Å². The van der Waals surface area contributed by atoms with Crippen LogP contribution >= 0.6 is 22.9 Å². The molecule has 0 bridgehead atoms. The molecule has 10 nitrogen and oxygen atoms in total. The quantitative estimate of drug-likeness (QED) is 0.452. The van der Waals surface area contributed by atoms with E-state index >= 15 is 0 Å². The van der Waals surface area contributed by atoms with Crippen molar-refractivity contribution in [3.8, 4) is 0 Å². The molecule has 0 spiro atoms. The molecular weight excluding hydrogens is 583 g/mol. The number of nitrogens with zero attached hydrogens (tertiary/aromatic N) is 3. The molecule has 0 amide bonds. The number of hydrogen-bond donors (Lipinski definition) is 2. The smallest absolute Gasteiger partial charge is 0.338 e. The number of esters is 1. The maximum absolute atomic E-state index is 13.9. The van der Waals surface area contributed by atoms with Gasteiger partial charge in [-0.25, -0.2) is 26.9 Å². The number of hydrogen-bond acceptors (Lipinski definition) is 9. The fraction of sp³-hybridized carbons (Fsp3) is 0.462. The zero-order chi connectivity index (χ0) is 28.6. The van der Waals surface area contributed by atoms with Gasteiger partial charge in [-0.3, -0.25) is 9.79 Å². The Hall–Kier alpha value is -2.87. The number of benzene rings is 1. The summed E-state index contributed by atoms with van der Waals surface area (Å²) >= 11 is 7.77. The Morgan fingerprint density at radius 1 is 1.23 bits per heavy atom.